The van der Waals surface area contributed by atoms with Crippen LogP contribution in [0.2, 0.25) is 0 Å². The maximum atomic E-state index is 13.3. The number of hydrogen-bond acceptors (Lipinski definition) is 3. The van der Waals surface area contributed by atoms with Gasteiger partial charge in [0.2, 0.25) is 10.0 Å². The smallest absolute Gasteiger partial charge is 0.235 e. The summed E-state index contributed by atoms with van der Waals surface area (Å²) in [5, 5.41) is 2.11. The van der Waals surface area contributed by atoms with Crippen LogP contribution in [0.5, 0.6) is 0 Å². The normalized spacial score (nSPS) is 17.2. The molecule has 2 aromatic rings. The molecule has 1 aromatic carbocycles. The van der Waals surface area contributed by atoms with Crippen LogP contribution in [0.15, 0.2) is 36.4 Å². The Balaban J connectivity index is 1.58. The molecular formula is C19H26FN3O2S. The van der Waals surface area contributed by atoms with Crippen LogP contribution in [0.4, 0.5) is 4.39 Å². The zero-order chi connectivity index (χ0) is 18.7. The van der Waals surface area contributed by atoms with Crippen LogP contribution in [0, 0.1) is 5.82 Å². The van der Waals surface area contributed by atoms with Crippen LogP contribution in [-0.4, -0.2) is 55.3 Å². The van der Waals surface area contributed by atoms with Gasteiger partial charge in [0.1, 0.15) is 5.82 Å². The van der Waals surface area contributed by atoms with Gasteiger partial charge in [-0.25, -0.2) is 12.8 Å². The summed E-state index contributed by atoms with van der Waals surface area (Å²) < 4.78 is 38.6. The first-order valence-electron chi connectivity index (χ1n) is 9.06. The highest BCUT2D eigenvalue weighted by molar-refractivity contribution is 7.92. The molecule has 26 heavy (non-hydrogen) atoms. The number of H-pyrrole nitrogens is 1. The van der Waals surface area contributed by atoms with E-state index in [1.165, 1.54) is 22.0 Å². The summed E-state index contributed by atoms with van der Waals surface area (Å²) in [4.78, 5) is 5.48. The van der Waals surface area contributed by atoms with Crippen molar-refractivity contribution < 1.29 is 12.8 Å². The molecule has 0 unspecified atom stereocenters. The highest BCUT2D eigenvalue weighted by Crippen LogP contribution is 2.33. The van der Waals surface area contributed by atoms with Crippen molar-refractivity contribution in [2.75, 3.05) is 32.7 Å². The van der Waals surface area contributed by atoms with Crippen LogP contribution in [-0.2, 0) is 10.0 Å². The van der Waals surface area contributed by atoms with Gasteiger partial charge in [0, 0.05) is 42.1 Å². The lowest BCUT2D eigenvalue weighted by Crippen LogP contribution is -2.40. The van der Waals surface area contributed by atoms with E-state index in [1.54, 1.807) is 0 Å². The van der Waals surface area contributed by atoms with Crippen LogP contribution >= 0.6 is 0 Å². The Kier molecular flexibility index (Phi) is 5.79. The molecule has 1 aliphatic rings. The zero-order valence-corrected chi connectivity index (χ0v) is 15.9. The van der Waals surface area contributed by atoms with E-state index in [2.05, 4.69) is 16.5 Å². The number of rotatable bonds is 7. The van der Waals surface area contributed by atoms with Gasteiger partial charge in [-0.05, 0) is 55.6 Å². The molecular weight excluding hydrogens is 353 g/mol. The van der Waals surface area contributed by atoms with E-state index in [1.807, 2.05) is 19.2 Å². The summed E-state index contributed by atoms with van der Waals surface area (Å²) in [6, 6.07) is 4.89. The summed E-state index contributed by atoms with van der Waals surface area (Å²) in [7, 11) is -3.35. The lowest BCUT2D eigenvalue weighted by Gasteiger charge is -2.33. The van der Waals surface area contributed by atoms with Gasteiger partial charge in [0.25, 0.3) is 0 Å². The molecule has 0 saturated carbocycles. The van der Waals surface area contributed by atoms with Crippen molar-refractivity contribution in [2.24, 2.45) is 0 Å². The third-order valence-electron chi connectivity index (χ3n) is 5.29. The average Bonchev–Trinajstić information content (AvgIpc) is 3.05. The number of aromatic amines is 1. The van der Waals surface area contributed by atoms with Crippen molar-refractivity contribution in [3.63, 3.8) is 0 Å². The minimum Gasteiger partial charge on any atom is -0.361 e. The molecule has 5 nitrogen and oxygen atoms in total. The first-order valence-corrected chi connectivity index (χ1v) is 10.6. The number of likely N-dealkylation sites (tertiary alicyclic amines) is 1. The molecule has 1 aromatic heterocycles. The second-order valence-corrected chi connectivity index (χ2v) is 8.63. The Morgan fingerprint density at radius 3 is 2.77 bits per heavy atom. The van der Waals surface area contributed by atoms with Gasteiger partial charge in [0.05, 0.1) is 0 Å². The van der Waals surface area contributed by atoms with Gasteiger partial charge in [0.15, 0.2) is 0 Å². The number of piperidine rings is 1. The highest BCUT2D eigenvalue weighted by atomic mass is 32.2. The number of aromatic nitrogens is 1. The molecule has 0 atom stereocenters. The van der Waals surface area contributed by atoms with Crippen molar-refractivity contribution in [3.8, 4) is 0 Å². The Morgan fingerprint density at radius 2 is 2.12 bits per heavy atom. The summed E-state index contributed by atoms with van der Waals surface area (Å²) in [5.74, 6) is 0.223. The Bertz CT molecular complexity index is 870. The number of nitrogens with one attached hydrogen (secondary N) is 1. The van der Waals surface area contributed by atoms with Gasteiger partial charge < -0.3 is 9.88 Å². The molecule has 0 bridgehead atoms. The SMILES string of the molecule is C=CS(=O)(=O)N(CC)CCN1CCC(c2c[nH]c3cc(F)ccc23)CC1. The quantitative estimate of drug-likeness (QED) is 0.803. The van der Waals surface area contributed by atoms with E-state index in [0.717, 1.165) is 48.8 Å². The Labute approximate surface area is 154 Å². The van der Waals surface area contributed by atoms with E-state index in [4.69, 9.17) is 0 Å². The molecule has 7 heteroatoms. The van der Waals surface area contributed by atoms with Gasteiger partial charge in [-0.2, -0.15) is 4.31 Å². The third kappa shape index (κ3) is 4.00. The molecule has 1 saturated heterocycles. The van der Waals surface area contributed by atoms with E-state index in [-0.39, 0.29) is 5.82 Å². The molecule has 142 valence electrons. The summed E-state index contributed by atoms with van der Waals surface area (Å²) in [6.45, 7) is 8.78. The molecule has 0 spiro atoms. The first kappa shape index (κ1) is 19.1. The van der Waals surface area contributed by atoms with Gasteiger partial charge in [-0.3, -0.25) is 0 Å². The van der Waals surface area contributed by atoms with Crippen molar-refractivity contribution in [3.05, 3.63) is 47.8 Å². The van der Waals surface area contributed by atoms with Crippen LogP contribution in [0.3, 0.4) is 0 Å². The maximum Gasteiger partial charge on any atom is 0.235 e. The molecule has 2 heterocycles. The minimum absolute atomic E-state index is 0.226. The number of likely N-dealkylation sites (N-methyl/N-ethyl adjacent to an activating group) is 1. The molecule has 0 radical (unpaired) electrons. The van der Waals surface area contributed by atoms with Crippen molar-refractivity contribution in [2.45, 2.75) is 25.7 Å². The van der Waals surface area contributed by atoms with E-state index in [9.17, 15) is 12.8 Å². The average molecular weight is 380 g/mol. The van der Waals surface area contributed by atoms with Crippen LogP contribution in [0.25, 0.3) is 10.9 Å². The summed E-state index contributed by atoms with van der Waals surface area (Å²) in [5.41, 5.74) is 2.10. The lowest BCUT2D eigenvalue weighted by molar-refractivity contribution is 0.201. The fraction of sp³-hybridized carbons (Fsp3) is 0.474. The number of benzene rings is 1. The fourth-order valence-electron chi connectivity index (χ4n) is 3.75. The molecule has 0 amide bonds. The summed E-state index contributed by atoms with van der Waals surface area (Å²) >= 11 is 0. The maximum absolute atomic E-state index is 13.3. The lowest BCUT2D eigenvalue weighted by atomic mass is 9.89. The van der Waals surface area contributed by atoms with Crippen molar-refractivity contribution in [1.29, 1.82) is 0 Å². The molecule has 1 N–H and O–H groups in total. The second-order valence-electron chi connectivity index (χ2n) is 6.75. The predicted octanol–water partition coefficient (Wildman–Crippen LogP) is 3.28. The fourth-order valence-corrected chi connectivity index (χ4v) is 4.66. The molecule has 1 aliphatic heterocycles. The van der Waals surface area contributed by atoms with Gasteiger partial charge in [-0.15, -0.1) is 0 Å². The molecule has 0 aliphatic carbocycles. The van der Waals surface area contributed by atoms with Gasteiger partial charge in [-0.1, -0.05) is 13.5 Å². The summed E-state index contributed by atoms with van der Waals surface area (Å²) in [6.07, 6.45) is 4.04. The monoisotopic (exact) mass is 379 g/mol. The Hall–Kier alpha value is -1.70. The largest absolute Gasteiger partial charge is 0.361 e. The van der Waals surface area contributed by atoms with Crippen LogP contribution in [0.1, 0.15) is 31.2 Å². The third-order valence-corrected chi connectivity index (χ3v) is 6.87. The number of halogens is 1. The number of nitrogens with zero attached hydrogens (tertiary/aromatic N) is 2. The zero-order valence-electron chi connectivity index (χ0n) is 15.1. The number of hydrogen-bond donors (Lipinski definition) is 1. The molecule has 3 rings (SSSR count). The van der Waals surface area contributed by atoms with Crippen LogP contribution < -0.4 is 0 Å². The van der Waals surface area contributed by atoms with Crippen molar-refractivity contribution in [1.82, 2.24) is 14.2 Å². The first-order chi connectivity index (χ1) is 12.4. The van der Waals surface area contributed by atoms with E-state index in [0.29, 0.717) is 19.0 Å². The van der Waals surface area contributed by atoms with E-state index < -0.39 is 10.0 Å². The minimum atomic E-state index is -3.35. The highest BCUT2D eigenvalue weighted by Gasteiger charge is 2.24. The predicted molar refractivity (Wildman–Crippen MR) is 103 cm³/mol. The van der Waals surface area contributed by atoms with Crippen molar-refractivity contribution >= 4 is 20.9 Å². The standard InChI is InChI=1S/C19H26FN3O2S/c1-3-23(26(24,25)4-2)12-11-22-9-7-15(8-10-22)18-14-21-19-13-16(20)5-6-17(18)19/h4-6,13-15,21H,2-3,7-12H2,1H3. The second kappa shape index (κ2) is 7.90. The number of sulfonamides is 1. The molecule has 1 fully saturated rings. The topological polar surface area (TPSA) is 56.4 Å². The Morgan fingerprint density at radius 1 is 1.38 bits per heavy atom. The van der Waals surface area contributed by atoms with Gasteiger partial charge >= 0.3 is 0 Å². The number of fused-ring (bicyclic) bond motifs is 1. The van der Waals surface area contributed by atoms with E-state index >= 15 is 0 Å².